The highest BCUT2D eigenvalue weighted by Crippen LogP contribution is 2.26. The van der Waals surface area contributed by atoms with Crippen molar-refractivity contribution in [1.29, 1.82) is 0 Å². The summed E-state index contributed by atoms with van der Waals surface area (Å²) in [4.78, 5) is 0. The van der Waals surface area contributed by atoms with Gasteiger partial charge >= 0.3 is 7.69 Å². The normalized spacial score (nSPS) is 11.0. The highest BCUT2D eigenvalue weighted by molar-refractivity contribution is 6.20. The first kappa shape index (κ1) is 29.1. The lowest BCUT2D eigenvalue weighted by molar-refractivity contribution is 0.396. The van der Waals surface area contributed by atoms with Crippen LogP contribution in [0.5, 0.6) is 11.5 Å². The SMILES string of the molecule is CCCCCCCCc1ccc(O[B]Oc2ccc(CCCCCCCC)c(F)c2F)c(F)c1F. The average Bonchev–Trinajstić information content (AvgIpc) is 2.86. The van der Waals surface area contributed by atoms with Crippen LogP contribution in [0.4, 0.5) is 17.6 Å². The van der Waals surface area contributed by atoms with Gasteiger partial charge in [-0.05, 0) is 48.9 Å². The Morgan fingerprint density at radius 2 is 0.886 bits per heavy atom. The smallest absolute Gasteiger partial charge is 0.524 e. The number of hydrogen-bond acceptors (Lipinski definition) is 2. The third-order valence-electron chi connectivity index (χ3n) is 6.20. The Morgan fingerprint density at radius 1 is 0.514 bits per heavy atom. The molecule has 0 atom stereocenters. The minimum absolute atomic E-state index is 0.292. The lowest BCUT2D eigenvalue weighted by Gasteiger charge is -2.12. The molecule has 2 nitrogen and oxygen atoms in total. The van der Waals surface area contributed by atoms with Gasteiger partial charge in [-0.15, -0.1) is 0 Å². The van der Waals surface area contributed by atoms with E-state index in [0.717, 1.165) is 64.2 Å². The number of halogens is 4. The van der Waals surface area contributed by atoms with Crippen LogP contribution in [0, 0.1) is 23.3 Å². The average molecular weight is 493 g/mol. The topological polar surface area (TPSA) is 18.5 Å². The van der Waals surface area contributed by atoms with E-state index in [-0.39, 0.29) is 11.5 Å². The Bertz CT molecular complexity index is 820. The maximum Gasteiger partial charge on any atom is 0.658 e. The van der Waals surface area contributed by atoms with Gasteiger partial charge in [-0.25, -0.2) is 8.78 Å². The lowest BCUT2D eigenvalue weighted by atomic mass is 10.0. The molecule has 193 valence electrons. The monoisotopic (exact) mass is 493 g/mol. The van der Waals surface area contributed by atoms with Crippen LogP contribution in [-0.2, 0) is 12.8 Å². The van der Waals surface area contributed by atoms with E-state index in [2.05, 4.69) is 13.8 Å². The van der Waals surface area contributed by atoms with Crippen molar-refractivity contribution in [3.05, 3.63) is 58.7 Å². The van der Waals surface area contributed by atoms with Crippen molar-refractivity contribution >= 4 is 7.69 Å². The zero-order chi connectivity index (χ0) is 25.5. The number of aryl methyl sites for hydroxylation is 2. The summed E-state index contributed by atoms with van der Waals surface area (Å²) >= 11 is 0. The van der Waals surface area contributed by atoms with Crippen molar-refractivity contribution in [3.63, 3.8) is 0 Å². The van der Waals surface area contributed by atoms with E-state index in [1.54, 1.807) is 0 Å². The van der Waals surface area contributed by atoms with Crippen LogP contribution >= 0.6 is 0 Å². The molecular weight excluding hydrogens is 455 g/mol. The summed E-state index contributed by atoms with van der Waals surface area (Å²) in [5, 5.41) is 0. The molecular formula is C28H38BF4O2. The van der Waals surface area contributed by atoms with Crippen molar-refractivity contribution in [2.45, 2.75) is 104 Å². The largest absolute Gasteiger partial charge is 0.658 e. The van der Waals surface area contributed by atoms with Crippen molar-refractivity contribution in [2.24, 2.45) is 0 Å². The molecule has 2 rings (SSSR count). The van der Waals surface area contributed by atoms with E-state index < -0.39 is 23.3 Å². The van der Waals surface area contributed by atoms with Crippen LogP contribution in [0.2, 0.25) is 0 Å². The highest BCUT2D eigenvalue weighted by Gasteiger charge is 2.18. The predicted octanol–water partition coefficient (Wildman–Crippen LogP) is 9.04. The van der Waals surface area contributed by atoms with Gasteiger partial charge in [-0.1, -0.05) is 90.2 Å². The fourth-order valence-corrected chi connectivity index (χ4v) is 4.03. The standard InChI is InChI=1S/C28H38BF4O2/c1-3-5-7-9-11-13-15-21-17-19-23(27(32)25(21)30)34-29-35-24-20-18-22(26(31)28(24)33)16-14-12-10-8-6-4-2/h17-20H,3-16H2,1-2H3. The zero-order valence-corrected chi connectivity index (χ0v) is 21.1. The maximum absolute atomic E-state index is 14.4. The van der Waals surface area contributed by atoms with Gasteiger partial charge in [0.2, 0.25) is 0 Å². The summed E-state index contributed by atoms with van der Waals surface area (Å²) in [5.41, 5.74) is 0.584. The van der Waals surface area contributed by atoms with Crippen molar-refractivity contribution in [3.8, 4) is 11.5 Å². The van der Waals surface area contributed by atoms with Gasteiger partial charge in [0.15, 0.2) is 23.3 Å². The minimum atomic E-state index is -1.13. The van der Waals surface area contributed by atoms with Crippen LogP contribution in [0.3, 0.4) is 0 Å². The van der Waals surface area contributed by atoms with Gasteiger partial charge < -0.3 is 9.31 Å². The van der Waals surface area contributed by atoms with Crippen molar-refractivity contribution < 1.29 is 26.9 Å². The summed E-state index contributed by atoms with van der Waals surface area (Å²) in [5.74, 6) is -4.94. The van der Waals surface area contributed by atoms with Crippen LogP contribution in [-0.4, -0.2) is 7.69 Å². The second-order valence-electron chi connectivity index (χ2n) is 9.07. The lowest BCUT2D eigenvalue weighted by Crippen LogP contribution is -2.14. The molecule has 0 fully saturated rings. The minimum Gasteiger partial charge on any atom is -0.524 e. The Hall–Kier alpha value is -2.18. The van der Waals surface area contributed by atoms with Gasteiger partial charge in [-0.3, -0.25) is 0 Å². The molecule has 35 heavy (non-hydrogen) atoms. The van der Waals surface area contributed by atoms with Gasteiger partial charge in [-0.2, -0.15) is 8.78 Å². The summed E-state index contributed by atoms with van der Waals surface area (Å²) in [6.07, 6.45) is 13.6. The maximum atomic E-state index is 14.4. The molecule has 0 spiro atoms. The van der Waals surface area contributed by atoms with Crippen molar-refractivity contribution in [1.82, 2.24) is 0 Å². The first-order chi connectivity index (χ1) is 17.0. The van der Waals surface area contributed by atoms with E-state index in [9.17, 15) is 17.6 Å². The molecule has 2 aromatic carbocycles. The number of unbranched alkanes of at least 4 members (excludes halogenated alkanes) is 10. The predicted molar refractivity (Wildman–Crippen MR) is 134 cm³/mol. The summed E-state index contributed by atoms with van der Waals surface area (Å²) in [6.45, 7) is 4.29. The van der Waals surface area contributed by atoms with E-state index in [4.69, 9.17) is 9.31 Å². The molecule has 0 aromatic heterocycles. The number of benzene rings is 2. The van der Waals surface area contributed by atoms with Gasteiger partial charge in [0.25, 0.3) is 0 Å². The van der Waals surface area contributed by atoms with E-state index in [1.165, 1.54) is 37.1 Å². The Kier molecular flexibility index (Phi) is 13.7. The quantitative estimate of drug-likeness (QED) is 0.117. The molecule has 0 aliphatic carbocycles. The molecule has 0 bridgehead atoms. The molecule has 2 aromatic rings. The summed E-state index contributed by atoms with van der Waals surface area (Å²) in [7, 11) is 0.677. The van der Waals surface area contributed by atoms with Gasteiger partial charge in [0.1, 0.15) is 11.5 Å². The van der Waals surface area contributed by atoms with Crippen LogP contribution in [0.1, 0.15) is 102 Å². The first-order valence-electron chi connectivity index (χ1n) is 13.1. The third kappa shape index (κ3) is 9.77. The Labute approximate surface area is 208 Å². The molecule has 0 aliphatic heterocycles. The molecule has 0 amide bonds. The molecule has 1 radical (unpaired) electrons. The summed E-state index contributed by atoms with van der Waals surface area (Å²) < 4.78 is 67.5. The Morgan fingerprint density at radius 3 is 1.29 bits per heavy atom. The Balaban J connectivity index is 1.82. The molecule has 0 unspecified atom stereocenters. The van der Waals surface area contributed by atoms with E-state index in [1.807, 2.05) is 0 Å². The second kappa shape index (κ2) is 16.5. The van der Waals surface area contributed by atoms with Crippen LogP contribution < -0.4 is 9.31 Å². The molecule has 0 saturated carbocycles. The van der Waals surface area contributed by atoms with Gasteiger partial charge in [0.05, 0.1) is 0 Å². The second-order valence-corrected chi connectivity index (χ2v) is 9.07. The zero-order valence-electron chi connectivity index (χ0n) is 21.1. The third-order valence-corrected chi connectivity index (χ3v) is 6.20. The van der Waals surface area contributed by atoms with Crippen LogP contribution in [0.15, 0.2) is 24.3 Å². The molecule has 0 aliphatic rings. The fraction of sp³-hybridized carbons (Fsp3) is 0.571. The van der Waals surface area contributed by atoms with Crippen molar-refractivity contribution in [2.75, 3.05) is 0 Å². The first-order valence-corrected chi connectivity index (χ1v) is 13.1. The molecule has 0 heterocycles. The fourth-order valence-electron chi connectivity index (χ4n) is 4.03. The number of hydrogen-bond donors (Lipinski definition) is 0. The molecule has 0 N–H and O–H groups in total. The molecule has 0 saturated heterocycles. The molecule has 7 heteroatoms. The number of rotatable bonds is 18. The highest BCUT2D eigenvalue weighted by atomic mass is 19.2. The van der Waals surface area contributed by atoms with E-state index >= 15 is 0 Å². The van der Waals surface area contributed by atoms with E-state index in [0.29, 0.717) is 31.7 Å². The van der Waals surface area contributed by atoms with Crippen LogP contribution in [0.25, 0.3) is 0 Å². The summed E-state index contributed by atoms with van der Waals surface area (Å²) in [6, 6.07) is 5.58. The van der Waals surface area contributed by atoms with Gasteiger partial charge in [0, 0.05) is 0 Å².